The molecule has 1 saturated heterocycles. The van der Waals surface area contributed by atoms with Crippen molar-refractivity contribution in [2.24, 2.45) is 0 Å². The molecule has 0 unspecified atom stereocenters. The molecule has 122 valence electrons. The van der Waals surface area contributed by atoms with Crippen molar-refractivity contribution in [3.8, 4) is 0 Å². The molecule has 2 aromatic rings. The van der Waals surface area contributed by atoms with E-state index in [1.165, 1.54) is 0 Å². The Balaban J connectivity index is 1.59. The molecule has 0 aromatic carbocycles. The van der Waals surface area contributed by atoms with E-state index in [0.29, 0.717) is 18.7 Å². The van der Waals surface area contributed by atoms with Crippen LogP contribution in [0.1, 0.15) is 12.0 Å². The molecule has 1 amide bonds. The Bertz CT molecular complexity index is 658. The molecule has 1 fully saturated rings. The van der Waals surface area contributed by atoms with Gasteiger partial charge in [-0.15, -0.1) is 0 Å². The number of likely N-dealkylation sites (tertiary alicyclic amines) is 1. The van der Waals surface area contributed by atoms with Crippen LogP contribution in [0.3, 0.4) is 0 Å². The molecule has 0 radical (unpaired) electrons. The van der Waals surface area contributed by atoms with E-state index in [1.54, 1.807) is 30.4 Å². The summed E-state index contributed by atoms with van der Waals surface area (Å²) in [6, 6.07) is 3.72. The van der Waals surface area contributed by atoms with E-state index < -0.39 is 0 Å². The minimum Gasteiger partial charge on any atom is -0.380 e. The summed E-state index contributed by atoms with van der Waals surface area (Å²) in [5.74, 6) is -0.0180. The predicted molar refractivity (Wildman–Crippen MR) is 86.0 cm³/mol. The van der Waals surface area contributed by atoms with Crippen molar-refractivity contribution in [1.82, 2.24) is 19.7 Å². The standard InChI is InChI=1S/C16H21N5O2/c1-20-11-14(23-2)7-15(20)16(22)19-13-8-18-21(10-13)9-12-3-5-17-6-4-12/h3-6,8,10,14-15H,7,9,11H2,1-2H3,(H,19,22)/t14-,15-/m0/s1. The highest BCUT2D eigenvalue weighted by Crippen LogP contribution is 2.19. The van der Waals surface area contributed by atoms with E-state index in [-0.39, 0.29) is 18.1 Å². The highest BCUT2D eigenvalue weighted by Gasteiger charge is 2.34. The molecule has 0 saturated carbocycles. The monoisotopic (exact) mass is 315 g/mol. The lowest BCUT2D eigenvalue weighted by Gasteiger charge is -2.17. The molecule has 2 atom stereocenters. The van der Waals surface area contributed by atoms with Crippen LogP contribution < -0.4 is 5.32 Å². The normalized spacial score (nSPS) is 21.5. The number of rotatable bonds is 5. The van der Waals surface area contributed by atoms with E-state index in [9.17, 15) is 4.79 Å². The number of carbonyl (C=O) groups is 1. The molecule has 7 heteroatoms. The first-order valence-electron chi connectivity index (χ1n) is 7.61. The first-order valence-corrected chi connectivity index (χ1v) is 7.61. The van der Waals surface area contributed by atoms with Crippen molar-refractivity contribution in [3.05, 3.63) is 42.5 Å². The Labute approximate surface area is 135 Å². The summed E-state index contributed by atoms with van der Waals surface area (Å²) in [6.07, 6.45) is 7.84. The number of anilines is 1. The van der Waals surface area contributed by atoms with E-state index in [1.807, 2.05) is 30.3 Å². The molecule has 0 aliphatic carbocycles. The van der Waals surface area contributed by atoms with Gasteiger partial charge < -0.3 is 10.1 Å². The molecule has 1 aliphatic rings. The second-order valence-corrected chi connectivity index (χ2v) is 5.82. The van der Waals surface area contributed by atoms with Crippen LogP contribution >= 0.6 is 0 Å². The number of pyridine rings is 1. The van der Waals surface area contributed by atoms with Gasteiger partial charge in [-0.05, 0) is 31.2 Å². The van der Waals surface area contributed by atoms with Gasteiger partial charge in [-0.2, -0.15) is 5.10 Å². The molecule has 7 nitrogen and oxygen atoms in total. The van der Waals surface area contributed by atoms with Gasteiger partial charge >= 0.3 is 0 Å². The van der Waals surface area contributed by atoms with Gasteiger partial charge in [0.15, 0.2) is 0 Å². The van der Waals surface area contributed by atoms with Gasteiger partial charge in [0.25, 0.3) is 0 Å². The fourth-order valence-electron chi connectivity index (χ4n) is 2.85. The summed E-state index contributed by atoms with van der Waals surface area (Å²) in [4.78, 5) is 18.4. The number of nitrogens with zero attached hydrogens (tertiary/aromatic N) is 4. The average molecular weight is 315 g/mol. The third-order valence-electron chi connectivity index (χ3n) is 4.14. The summed E-state index contributed by atoms with van der Waals surface area (Å²) in [5.41, 5.74) is 1.82. The van der Waals surface area contributed by atoms with Crippen molar-refractivity contribution in [1.29, 1.82) is 0 Å². The molecular weight excluding hydrogens is 294 g/mol. The van der Waals surface area contributed by atoms with Crippen LogP contribution in [0, 0.1) is 0 Å². The summed E-state index contributed by atoms with van der Waals surface area (Å²) in [6.45, 7) is 1.42. The fraction of sp³-hybridized carbons (Fsp3) is 0.438. The van der Waals surface area contributed by atoms with Gasteiger partial charge in [0, 0.05) is 32.2 Å². The third kappa shape index (κ3) is 3.75. The molecule has 1 N–H and O–H groups in total. The zero-order valence-corrected chi connectivity index (χ0v) is 13.3. The molecule has 0 spiro atoms. The summed E-state index contributed by atoms with van der Waals surface area (Å²) in [7, 11) is 3.62. The molecule has 2 aromatic heterocycles. The van der Waals surface area contributed by atoms with E-state index in [4.69, 9.17) is 4.74 Å². The van der Waals surface area contributed by atoms with Crippen LogP contribution in [-0.4, -0.2) is 58.4 Å². The van der Waals surface area contributed by atoms with Gasteiger partial charge in [0.05, 0.1) is 30.6 Å². The number of aromatic nitrogens is 3. The van der Waals surface area contributed by atoms with Gasteiger partial charge in [-0.25, -0.2) is 0 Å². The number of carbonyl (C=O) groups excluding carboxylic acids is 1. The number of likely N-dealkylation sites (N-methyl/N-ethyl adjacent to an activating group) is 1. The SMILES string of the molecule is CO[C@H]1C[C@@H](C(=O)Nc2cnn(Cc3ccncc3)c2)N(C)C1. The third-order valence-corrected chi connectivity index (χ3v) is 4.14. The van der Waals surface area contributed by atoms with Gasteiger partial charge in [-0.1, -0.05) is 0 Å². The second kappa shape index (κ2) is 6.89. The number of amides is 1. The fourth-order valence-corrected chi connectivity index (χ4v) is 2.85. The first-order chi connectivity index (χ1) is 11.2. The highest BCUT2D eigenvalue weighted by atomic mass is 16.5. The van der Waals surface area contributed by atoms with Crippen LogP contribution in [0.2, 0.25) is 0 Å². The number of hydrogen-bond donors (Lipinski definition) is 1. The minimum absolute atomic E-state index is 0.0180. The van der Waals surface area contributed by atoms with Crippen LogP contribution in [0.15, 0.2) is 36.9 Å². The average Bonchev–Trinajstić information content (AvgIpc) is 3.14. The summed E-state index contributed by atoms with van der Waals surface area (Å²) >= 11 is 0. The van der Waals surface area contributed by atoms with Crippen molar-refractivity contribution >= 4 is 11.6 Å². The van der Waals surface area contributed by atoms with Crippen molar-refractivity contribution in [2.45, 2.75) is 25.1 Å². The highest BCUT2D eigenvalue weighted by molar-refractivity contribution is 5.94. The Hall–Kier alpha value is -2.25. The van der Waals surface area contributed by atoms with Crippen LogP contribution in [-0.2, 0) is 16.1 Å². The zero-order valence-electron chi connectivity index (χ0n) is 13.3. The summed E-state index contributed by atoms with van der Waals surface area (Å²) < 4.78 is 7.13. The lowest BCUT2D eigenvalue weighted by molar-refractivity contribution is -0.120. The number of nitrogens with one attached hydrogen (secondary N) is 1. The summed E-state index contributed by atoms with van der Waals surface area (Å²) in [5, 5.41) is 7.22. The Morgan fingerprint density at radius 1 is 1.43 bits per heavy atom. The molecule has 1 aliphatic heterocycles. The second-order valence-electron chi connectivity index (χ2n) is 5.82. The Morgan fingerprint density at radius 3 is 2.91 bits per heavy atom. The van der Waals surface area contributed by atoms with Crippen LogP contribution in [0.25, 0.3) is 0 Å². The van der Waals surface area contributed by atoms with Gasteiger partial charge in [0.2, 0.25) is 5.91 Å². The van der Waals surface area contributed by atoms with Gasteiger partial charge in [0.1, 0.15) is 0 Å². The minimum atomic E-state index is -0.163. The number of methoxy groups -OCH3 is 1. The first kappa shape index (κ1) is 15.6. The predicted octanol–water partition coefficient (Wildman–Crippen LogP) is 0.984. The van der Waals surface area contributed by atoms with E-state index >= 15 is 0 Å². The zero-order chi connectivity index (χ0) is 16.2. The smallest absolute Gasteiger partial charge is 0.241 e. The molecule has 3 rings (SSSR count). The number of ether oxygens (including phenoxy) is 1. The number of hydrogen-bond acceptors (Lipinski definition) is 5. The molecule has 23 heavy (non-hydrogen) atoms. The Kier molecular flexibility index (Phi) is 4.68. The maximum Gasteiger partial charge on any atom is 0.241 e. The quantitative estimate of drug-likeness (QED) is 0.890. The maximum absolute atomic E-state index is 12.4. The lowest BCUT2D eigenvalue weighted by Crippen LogP contribution is -2.36. The van der Waals surface area contributed by atoms with E-state index in [0.717, 1.165) is 12.1 Å². The topological polar surface area (TPSA) is 72.3 Å². The van der Waals surface area contributed by atoms with Crippen molar-refractivity contribution in [2.75, 3.05) is 26.0 Å². The Morgan fingerprint density at radius 2 is 2.22 bits per heavy atom. The van der Waals surface area contributed by atoms with Crippen LogP contribution in [0.4, 0.5) is 5.69 Å². The maximum atomic E-state index is 12.4. The van der Waals surface area contributed by atoms with Crippen molar-refractivity contribution < 1.29 is 9.53 Å². The molecule has 0 bridgehead atoms. The lowest BCUT2D eigenvalue weighted by atomic mass is 10.2. The molecule has 3 heterocycles. The van der Waals surface area contributed by atoms with Crippen LogP contribution in [0.5, 0.6) is 0 Å². The molecular formula is C16H21N5O2. The van der Waals surface area contributed by atoms with E-state index in [2.05, 4.69) is 15.4 Å². The van der Waals surface area contributed by atoms with Gasteiger partial charge in [-0.3, -0.25) is 19.4 Å². The van der Waals surface area contributed by atoms with Crippen molar-refractivity contribution in [3.63, 3.8) is 0 Å². The largest absolute Gasteiger partial charge is 0.380 e.